The molecule has 0 spiro atoms. The molecule has 0 bridgehead atoms. The van der Waals surface area contributed by atoms with E-state index in [9.17, 15) is 91.8 Å². The summed E-state index contributed by atoms with van der Waals surface area (Å²) in [4.78, 5) is 141. The number of rotatable bonds is 25. The molecule has 5 atom stereocenters. The number of nitrogens with zero attached hydrogens (tertiary/aromatic N) is 15. The largest absolute Gasteiger partial charge is 0.353 e. The van der Waals surface area contributed by atoms with E-state index in [0.29, 0.717) is 58.0 Å². The zero-order valence-electron chi connectivity index (χ0n) is 79.5. The van der Waals surface area contributed by atoms with Crippen LogP contribution < -0.4 is 53.2 Å². The average molecular weight is 2020 g/mol. The standard InChI is InChI=1S/5C20H23F2N5O2/c5*21-20(22)10-14(20)18(29)23-13-8-6-11(7-9-13)15-2-1-3-16-24-19(26-27(15)16)25-17(28)12-4-5-12/h5*1-3,11-14H,4-10H2,(H,23,29)(H,25,26,28)/t4*11?,13?,14-;/m1100./s1. The Bertz CT molecular complexity index is 5720. The summed E-state index contributed by atoms with van der Waals surface area (Å²) < 4.78 is 139. The fraction of sp³-hybridized carbons (Fsp3) is 0.600. The highest BCUT2D eigenvalue weighted by Crippen LogP contribution is 2.54. The molecule has 15 saturated carbocycles. The predicted octanol–water partition coefficient (Wildman–Crippen LogP) is 14.4. The summed E-state index contributed by atoms with van der Waals surface area (Å²) in [6.45, 7) is 0. The maximum atomic E-state index is 13.1. The van der Waals surface area contributed by atoms with Crippen molar-refractivity contribution in [1.82, 2.24) is 99.6 Å². The Morgan fingerprint density at radius 3 is 0.490 bits per heavy atom. The van der Waals surface area contributed by atoms with E-state index in [-0.39, 0.29) is 151 Å². The Kier molecular flexibility index (Phi) is 26.7. The van der Waals surface area contributed by atoms with Crippen LogP contribution in [0.4, 0.5) is 73.6 Å². The Morgan fingerprint density at radius 1 is 0.214 bits per heavy atom. The van der Waals surface area contributed by atoms with E-state index in [2.05, 4.69) is 104 Å². The fourth-order valence-corrected chi connectivity index (χ4v) is 20.9. The molecule has 0 aromatic carbocycles. The van der Waals surface area contributed by atoms with E-state index in [4.69, 9.17) is 0 Å². The van der Waals surface area contributed by atoms with Crippen LogP contribution in [0.5, 0.6) is 0 Å². The van der Waals surface area contributed by atoms with Crippen molar-refractivity contribution < 1.29 is 91.8 Å². The summed E-state index contributed by atoms with van der Waals surface area (Å²) in [6, 6.07) is 28.6. The number of amides is 10. The summed E-state index contributed by atoms with van der Waals surface area (Å²) in [6.07, 6.45) is 23.2. The molecule has 15 aliphatic rings. The molecule has 0 radical (unpaired) electrons. The second-order valence-corrected chi connectivity index (χ2v) is 42.5. The van der Waals surface area contributed by atoms with Crippen LogP contribution in [0.1, 0.15) is 283 Å². The van der Waals surface area contributed by atoms with Crippen molar-refractivity contribution in [3.05, 3.63) is 119 Å². The van der Waals surface area contributed by atoms with Crippen molar-refractivity contribution in [3.63, 3.8) is 0 Å². The number of aromatic nitrogens is 15. The molecular weight excluding hydrogens is 1900 g/mol. The first-order valence-corrected chi connectivity index (χ1v) is 51.3. The highest BCUT2D eigenvalue weighted by molar-refractivity contribution is 5.96. The van der Waals surface area contributed by atoms with Gasteiger partial charge in [0.15, 0.2) is 28.2 Å². The molecular formula is C100H115F10N25O10. The van der Waals surface area contributed by atoms with Gasteiger partial charge in [0.25, 0.3) is 29.6 Å². The van der Waals surface area contributed by atoms with E-state index in [1.54, 1.807) is 22.6 Å². The molecule has 1 unspecified atom stereocenters. The highest BCUT2D eigenvalue weighted by atomic mass is 19.3. The highest BCUT2D eigenvalue weighted by Gasteiger charge is 2.65. The van der Waals surface area contributed by atoms with Gasteiger partial charge in [-0.3, -0.25) is 74.5 Å². The van der Waals surface area contributed by atoms with E-state index in [1.165, 1.54) is 0 Å². The summed E-state index contributed by atoms with van der Waals surface area (Å²) in [5.41, 5.74) is 8.47. The van der Waals surface area contributed by atoms with Gasteiger partial charge in [-0.1, -0.05) is 30.3 Å². The third-order valence-electron chi connectivity index (χ3n) is 31.0. The van der Waals surface area contributed by atoms with Crippen molar-refractivity contribution in [2.24, 2.45) is 59.2 Å². The van der Waals surface area contributed by atoms with Crippen molar-refractivity contribution in [2.75, 3.05) is 26.6 Å². The van der Waals surface area contributed by atoms with Crippen molar-refractivity contribution in [3.8, 4) is 0 Å². The Morgan fingerprint density at radius 2 is 0.359 bits per heavy atom. The van der Waals surface area contributed by atoms with Crippen LogP contribution in [-0.4, -0.2) is 192 Å². The molecule has 25 rings (SSSR count). The number of hydrogen-bond acceptors (Lipinski definition) is 20. The molecule has 0 aliphatic heterocycles. The second-order valence-electron chi connectivity index (χ2n) is 42.5. The average Bonchev–Trinajstić information content (AvgIpc) is 1.62. The Labute approximate surface area is 824 Å². The quantitative estimate of drug-likeness (QED) is 0.0238. The van der Waals surface area contributed by atoms with Crippen LogP contribution in [0.25, 0.3) is 28.2 Å². The number of nitrogens with one attached hydrogen (secondary N) is 10. The molecule has 770 valence electrons. The summed E-state index contributed by atoms with van der Waals surface area (Å²) in [5.74, 6) is -19.4. The van der Waals surface area contributed by atoms with Crippen LogP contribution in [0, 0.1) is 59.2 Å². The Hall–Kier alpha value is -12.9. The van der Waals surface area contributed by atoms with Crippen LogP contribution in [0.3, 0.4) is 0 Å². The smallest absolute Gasteiger partial charge is 0.260 e. The predicted molar refractivity (Wildman–Crippen MR) is 503 cm³/mol. The van der Waals surface area contributed by atoms with Gasteiger partial charge in [0, 0.05) is 150 Å². The molecule has 35 nitrogen and oxygen atoms in total. The van der Waals surface area contributed by atoms with Crippen LogP contribution in [0.15, 0.2) is 91.0 Å². The third-order valence-corrected chi connectivity index (χ3v) is 31.0. The van der Waals surface area contributed by atoms with E-state index in [1.807, 2.05) is 91.0 Å². The zero-order chi connectivity index (χ0) is 101. The molecule has 10 heterocycles. The van der Waals surface area contributed by atoms with E-state index < -0.39 is 88.7 Å². The first-order valence-electron chi connectivity index (χ1n) is 51.3. The molecule has 10 amide bonds. The summed E-state index contributed by atoms with van der Waals surface area (Å²) in [7, 11) is 0. The van der Waals surface area contributed by atoms with E-state index >= 15 is 0 Å². The maximum Gasteiger partial charge on any atom is 0.260 e. The number of halogens is 10. The third kappa shape index (κ3) is 23.2. The van der Waals surface area contributed by atoms with Gasteiger partial charge >= 0.3 is 0 Å². The molecule has 0 saturated heterocycles. The van der Waals surface area contributed by atoms with E-state index in [0.717, 1.165) is 221 Å². The minimum atomic E-state index is -2.82. The molecule has 10 aromatic rings. The lowest BCUT2D eigenvalue weighted by molar-refractivity contribution is -0.126. The number of hydrogen-bond donors (Lipinski definition) is 10. The minimum Gasteiger partial charge on any atom is -0.353 e. The van der Waals surface area contributed by atoms with Gasteiger partial charge in [-0.05, 0) is 253 Å². The fourth-order valence-electron chi connectivity index (χ4n) is 20.9. The van der Waals surface area contributed by atoms with Gasteiger partial charge in [-0.2, -0.15) is 24.9 Å². The SMILES string of the molecule is O=C(Nc1nc2cccc(C3CCC(NC(=O)C4CC4(F)F)CC3)n2n1)C1CC1.O=C(Nc1nc2cccc(C3CCC(NC(=O)[C@@H]4CC4(F)F)CC3)n2n1)C1CC1.O=C(Nc1nc2cccc(C3CCC(NC(=O)[C@@H]4CC4(F)F)CC3)n2n1)C1CC1.O=C(Nc1nc2cccc(C3CCC(NC(=O)[C@H]4CC4(F)F)CC3)n2n1)C1CC1.O=C(Nc1nc2cccc(C3CCC(NC(=O)[C@H]4CC4(F)F)CC3)n2n1)C1CC1. The molecule has 15 aliphatic carbocycles. The topological polar surface area (TPSA) is 442 Å². The molecule has 10 N–H and O–H groups in total. The minimum absolute atomic E-state index is 0.0278. The van der Waals surface area contributed by atoms with Gasteiger partial charge < -0.3 is 26.6 Å². The number of carbonyl (C=O) groups is 10. The van der Waals surface area contributed by atoms with Gasteiger partial charge in [0.2, 0.25) is 88.8 Å². The van der Waals surface area contributed by atoms with Crippen LogP contribution in [-0.2, 0) is 47.9 Å². The van der Waals surface area contributed by atoms with Crippen molar-refractivity contribution >= 4 is 117 Å². The van der Waals surface area contributed by atoms with Gasteiger partial charge in [-0.25, -0.2) is 66.5 Å². The van der Waals surface area contributed by atoms with Crippen LogP contribution >= 0.6 is 0 Å². The number of pyridine rings is 5. The summed E-state index contributed by atoms with van der Waals surface area (Å²) >= 11 is 0. The number of carbonyl (C=O) groups excluding carboxylic acids is 10. The summed E-state index contributed by atoms with van der Waals surface area (Å²) in [5, 5.41) is 50.2. The second kappa shape index (κ2) is 39.5. The normalized spacial score (nSPS) is 28.1. The first kappa shape index (κ1) is 98.1. The lowest BCUT2D eigenvalue weighted by Gasteiger charge is -2.29. The number of anilines is 5. The first-order chi connectivity index (χ1) is 69.5. The van der Waals surface area contributed by atoms with Gasteiger partial charge in [0.1, 0.15) is 29.6 Å². The van der Waals surface area contributed by atoms with Gasteiger partial charge in [-0.15, -0.1) is 25.5 Å². The molecule has 45 heteroatoms. The van der Waals surface area contributed by atoms with Crippen LogP contribution in [0.2, 0.25) is 0 Å². The molecule has 145 heavy (non-hydrogen) atoms. The number of fused-ring (bicyclic) bond motifs is 5. The van der Waals surface area contributed by atoms with Crippen molar-refractivity contribution in [2.45, 2.75) is 314 Å². The zero-order valence-corrected chi connectivity index (χ0v) is 79.5. The maximum absolute atomic E-state index is 13.1. The monoisotopic (exact) mass is 2020 g/mol. The molecule has 15 fully saturated rings. The number of alkyl halides is 10. The molecule has 10 aromatic heterocycles. The van der Waals surface area contributed by atoms with Gasteiger partial charge in [0.05, 0.1) is 0 Å². The Balaban J connectivity index is 0.000000107. The lowest BCUT2D eigenvalue weighted by Crippen LogP contribution is -2.39. The van der Waals surface area contributed by atoms with Crippen molar-refractivity contribution in [1.29, 1.82) is 0 Å². The lowest BCUT2D eigenvalue weighted by atomic mass is 9.83.